The van der Waals surface area contributed by atoms with E-state index in [9.17, 15) is 16.8 Å². The molecule has 0 aromatic rings. The van der Waals surface area contributed by atoms with Crippen molar-refractivity contribution in [2.45, 2.75) is 16.4 Å². The van der Waals surface area contributed by atoms with Gasteiger partial charge in [0, 0.05) is 10.7 Å². The van der Waals surface area contributed by atoms with Gasteiger partial charge in [0.1, 0.15) is 0 Å². The summed E-state index contributed by atoms with van der Waals surface area (Å²) in [6, 6.07) is 0. The molecule has 0 saturated carbocycles. The van der Waals surface area contributed by atoms with E-state index in [1.54, 1.807) is 0 Å². The standard InChI is InChI=1S/C4H6Cl2O4S2/c5-4(12(6,9)10)2-1-3-11(4,7)8/h1-3H2/t4-/m0/s1. The van der Waals surface area contributed by atoms with Crippen LogP contribution in [0, 0.1) is 0 Å². The molecule has 0 aromatic carbocycles. The van der Waals surface area contributed by atoms with Gasteiger partial charge in [0.15, 0.2) is 9.84 Å². The van der Waals surface area contributed by atoms with Crippen LogP contribution in [-0.4, -0.2) is 26.1 Å². The fourth-order valence-electron chi connectivity index (χ4n) is 1.05. The van der Waals surface area contributed by atoms with Crippen molar-refractivity contribution < 1.29 is 16.8 Å². The quantitative estimate of drug-likeness (QED) is 0.508. The minimum atomic E-state index is -4.26. The molecule has 72 valence electrons. The second kappa shape index (κ2) is 2.73. The van der Waals surface area contributed by atoms with Crippen LogP contribution >= 0.6 is 22.3 Å². The first-order valence-electron chi connectivity index (χ1n) is 3.06. The van der Waals surface area contributed by atoms with Gasteiger partial charge in [-0.3, -0.25) is 0 Å². The normalized spacial score (nSPS) is 35.2. The van der Waals surface area contributed by atoms with Crippen LogP contribution in [0.3, 0.4) is 0 Å². The van der Waals surface area contributed by atoms with E-state index >= 15 is 0 Å². The molecule has 0 spiro atoms. The zero-order chi connectivity index (χ0) is 9.62. The van der Waals surface area contributed by atoms with Crippen LogP contribution in [0.15, 0.2) is 0 Å². The molecule has 8 heteroatoms. The van der Waals surface area contributed by atoms with Crippen LogP contribution in [-0.2, 0) is 18.9 Å². The minimum absolute atomic E-state index is 0.136. The average Bonchev–Trinajstić information content (AvgIpc) is 2.07. The number of rotatable bonds is 1. The van der Waals surface area contributed by atoms with E-state index in [1.165, 1.54) is 0 Å². The highest BCUT2D eigenvalue weighted by molar-refractivity contribution is 8.24. The zero-order valence-electron chi connectivity index (χ0n) is 5.83. The van der Waals surface area contributed by atoms with Crippen LogP contribution in [0.4, 0.5) is 0 Å². The van der Waals surface area contributed by atoms with Crippen LogP contribution in [0.25, 0.3) is 0 Å². The van der Waals surface area contributed by atoms with Gasteiger partial charge in [-0.2, -0.15) is 0 Å². The van der Waals surface area contributed by atoms with Crippen molar-refractivity contribution in [3.8, 4) is 0 Å². The summed E-state index contributed by atoms with van der Waals surface area (Å²) >= 11 is 5.43. The Labute approximate surface area is 80.2 Å². The Morgan fingerprint density at radius 2 is 1.83 bits per heavy atom. The monoisotopic (exact) mass is 252 g/mol. The van der Waals surface area contributed by atoms with Gasteiger partial charge in [-0.1, -0.05) is 11.6 Å². The van der Waals surface area contributed by atoms with Gasteiger partial charge >= 0.3 is 0 Å². The van der Waals surface area contributed by atoms with Crippen molar-refractivity contribution in [2.75, 3.05) is 5.75 Å². The summed E-state index contributed by atoms with van der Waals surface area (Å²) in [7, 11) is -3.13. The van der Waals surface area contributed by atoms with E-state index in [1.807, 2.05) is 0 Å². The fourth-order valence-corrected chi connectivity index (χ4v) is 5.65. The van der Waals surface area contributed by atoms with E-state index in [0.29, 0.717) is 0 Å². The third-order valence-corrected chi connectivity index (χ3v) is 8.83. The predicted octanol–water partition coefficient (Wildman–Crippen LogP) is 0.656. The maximum atomic E-state index is 11.1. The molecule has 12 heavy (non-hydrogen) atoms. The van der Waals surface area contributed by atoms with Crippen molar-refractivity contribution >= 4 is 41.2 Å². The SMILES string of the molecule is O=S(=O)(Cl)[C@]1(Cl)CCCS1(=O)=O. The van der Waals surface area contributed by atoms with E-state index < -0.39 is 22.4 Å². The summed E-state index contributed by atoms with van der Waals surface area (Å²) in [5.74, 6) is -0.220. The Morgan fingerprint density at radius 1 is 1.33 bits per heavy atom. The van der Waals surface area contributed by atoms with Gasteiger partial charge in [0.2, 0.25) is 0 Å². The lowest BCUT2D eigenvalue weighted by atomic mass is 10.4. The smallest absolute Gasteiger partial charge is 0.226 e. The summed E-state index contributed by atoms with van der Waals surface area (Å²) < 4.78 is 41.6. The maximum Gasteiger partial charge on any atom is 0.267 e. The molecule has 0 unspecified atom stereocenters. The highest BCUT2D eigenvalue weighted by Crippen LogP contribution is 2.42. The summed E-state index contributed by atoms with van der Waals surface area (Å²) in [4.78, 5) is 0. The van der Waals surface area contributed by atoms with Crippen molar-refractivity contribution in [1.29, 1.82) is 0 Å². The van der Waals surface area contributed by atoms with Crippen molar-refractivity contribution in [3.05, 3.63) is 0 Å². The molecule has 0 bridgehead atoms. The second-order valence-corrected chi connectivity index (χ2v) is 9.00. The minimum Gasteiger partial charge on any atom is -0.226 e. The third-order valence-electron chi connectivity index (χ3n) is 1.72. The highest BCUT2D eigenvalue weighted by atomic mass is 35.7. The van der Waals surface area contributed by atoms with Gasteiger partial charge < -0.3 is 0 Å². The lowest BCUT2D eigenvalue weighted by molar-refractivity contribution is 0.581. The second-order valence-electron chi connectivity index (χ2n) is 2.52. The van der Waals surface area contributed by atoms with Crippen LogP contribution in [0.2, 0.25) is 0 Å². The lowest BCUT2D eigenvalue weighted by Gasteiger charge is -2.14. The Balaban J connectivity index is 3.36. The van der Waals surface area contributed by atoms with Gasteiger partial charge in [-0.25, -0.2) is 16.8 Å². The Bertz CT molecular complexity index is 383. The molecular weight excluding hydrogens is 247 g/mol. The van der Waals surface area contributed by atoms with E-state index in [2.05, 4.69) is 0 Å². The first-order chi connectivity index (χ1) is 5.21. The molecule has 0 radical (unpaired) electrons. The molecule has 1 saturated heterocycles. The molecule has 1 atom stereocenters. The largest absolute Gasteiger partial charge is 0.267 e. The van der Waals surface area contributed by atoms with Crippen molar-refractivity contribution in [2.24, 2.45) is 0 Å². The van der Waals surface area contributed by atoms with Gasteiger partial charge in [0.25, 0.3) is 12.6 Å². The van der Waals surface area contributed by atoms with Crippen LogP contribution in [0.1, 0.15) is 12.8 Å². The van der Waals surface area contributed by atoms with Crippen LogP contribution in [0.5, 0.6) is 0 Å². The van der Waals surface area contributed by atoms with E-state index in [0.717, 1.165) is 0 Å². The van der Waals surface area contributed by atoms with Gasteiger partial charge in [0.05, 0.1) is 5.75 Å². The number of sulfone groups is 1. The summed E-state index contributed by atoms with van der Waals surface area (Å²) in [5, 5.41) is 0. The number of hydrogen-bond acceptors (Lipinski definition) is 4. The molecule has 1 aliphatic heterocycles. The molecule has 4 nitrogen and oxygen atoms in total. The van der Waals surface area contributed by atoms with Gasteiger partial charge in [-0.05, 0) is 12.8 Å². The van der Waals surface area contributed by atoms with Crippen molar-refractivity contribution in [1.82, 2.24) is 0 Å². The topological polar surface area (TPSA) is 68.3 Å². The predicted molar refractivity (Wildman–Crippen MR) is 46.4 cm³/mol. The zero-order valence-corrected chi connectivity index (χ0v) is 8.97. The van der Waals surface area contributed by atoms with E-state index in [-0.39, 0.29) is 18.6 Å². The molecule has 0 amide bonds. The average molecular weight is 253 g/mol. The molecule has 1 fully saturated rings. The first-order valence-corrected chi connectivity index (χ1v) is 7.40. The molecular formula is C4H6Cl2O4S2. The number of halogens is 2. The number of alkyl halides is 1. The molecule has 0 aliphatic carbocycles. The fraction of sp³-hybridized carbons (Fsp3) is 1.00. The number of hydrogen-bond donors (Lipinski definition) is 0. The Morgan fingerprint density at radius 3 is 2.00 bits per heavy atom. The maximum absolute atomic E-state index is 11.1. The van der Waals surface area contributed by atoms with Crippen molar-refractivity contribution in [3.63, 3.8) is 0 Å². The first kappa shape index (κ1) is 10.6. The molecule has 1 rings (SSSR count). The Kier molecular flexibility index (Phi) is 2.40. The van der Waals surface area contributed by atoms with Crippen LogP contribution < -0.4 is 0 Å². The summed E-state index contributed by atoms with van der Waals surface area (Å²) in [5.41, 5.74) is 0. The molecule has 1 aliphatic rings. The summed E-state index contributed by atoms with van der Waals surface area (Å²) in [6.07, 6.45) is 0.0977. The molecule has 0 aromatic heterocycles. The van der Waals surface area contributed by atoms with Gasteiger partial charge in [-0.15, -0.1) is 0 Å². The lowest BCUT2D eigenvalue weighted by Crippen LogP contribution is -2.34. The molecule has 1 heterocycles. The summed E-state index contributed by atoms with van der Waals surface area (Å²) in [6.45, 7) is 0. The Hall–Kier alpha value is 0.480. The van der Waals surface area contributed by atoms with E-state index in [4.69, 9.17) is 22.3 Å². The highest BCUT2D eigenvalue weighted by Gasteiger charge is 2.56. The molecule has 0 N–H and O–H groups in total. The third kappa shape index (κ3) is 1.34.